The van der Waals surface area contributed by atoms with Crippen LogP contribution in [0.5, 0.6) is 5.88 Å². The zero-order valence-corrected chi connectivity index (χ0v) is 17.9. The lowest BCUT2D eigenvalue weighted by Gasteiger charge is -2.12. The molecule has 5 aromatic rings. The molecule has 0 aliphatic carbocycles. The molecule has 0 aliphatic rings. The Bertz CT molecular complexity index is 1620. The topological polar surface area (TPSA) is 112 Å². The number of fused-ring (bicyclic) bond motifs is 3. The standard InChI is InChI=1S/C23H17F3N6O2/c1-32-20-18(12-4-6-17(34-2)28-9-12)30-16-5-3-11(7-14(16)19(20)31-22(32)33)13-8-15(23(24,25)26)21(27)29-10-13/h3-10H,1-2H3,(H2,27,29)(H,31,33). The minimum Gasteiger partial charge on any atom is -0.481 e. The number of nitrogen functional groups attached to an aromatic ring is 1. The van der Waals surface area contributed by atoms with Gasteiger partial charge in [0, 0.05) is 42.0 Å². The summed E-state index contributed by atoms with van der Waals surface area (Å²) in [5, 5.41) is 0.570. The van der Waals surface area contributed by atoms with E-state index in [0.29, 0.717) is 44.6 Å². The summed E-state index contributed by atoms with van der Waals surface area (Å²) in [6, 6.07) is 9.42. The molecule has 0 atom stereocenters. The van der Waals surface area contributed by atoms with E-state index in [4.69, 9.17) is 15.5 Å². The SMILES string of the molecule is COc1ccc(-c2nc3ccc(-c4cnc(N)c(C(F)(F)F)c4)cc3c3[nH]c(=O)n(C)c23)cn1. The first-order chi connectivity index (χ1) is 16.2. The number of alkyl halides is 3. The fourth-order valence-corrected chi connectivity index (χ4v) is 3.88. The molecular formula is C23H17F3N6O2. The van der Waals surface area contributed by atoms with Gasteiger partial charge in [-0.2, -0.15) is 13.2 Å². The van der Waals surface area contributed by atoms with E-state index in [0.717, 1.165) is 6.07 Å². The fraction of sp³-hybridized carbons (Fsp3) is 0.130. The number of aryl methyl sites for hydroxylation is 1. The minimum atomic E-state index is -4.63. The maximum absolute atomic E-state index is 13.3. The predicted octanol–water partition coefficient (Wildman–Crippen LogP) is 4.15. The average molecular weight is 466 g/mol. The van der Waals surface area contributed by atoms with Crippen LogP contribution in [0.2, 0.25) is 0 Å². The molecule has 0 radical (unpaired) electrons. The number of benzene rings is 1. The number of hydrogen-bond acceptors (Lipinski definition) is 6. The summed E-state index contributed by atoms with van der Waals surface area (Å²) in [4.78, 5) is 28.0. The molecule has 0 aliphatic heterocycles. The number of rotatable bonds is 3. The Morgan fingerprint density at radius 3 is 2.44 bits per heavy atom. The van der Waals surface area contributed by atoms with Crippen molar-refractivity contribution in [3.63, 3.8) is 0 Å². The number of anilines is 1. The van der Waals surface area contributed by atoms with E-state index in [1.165, 1.54) is 17.9 Å². The zero-order chi connectivity index (χ0) is 24.2. The van der Waals surface area contributed by atoms with Gasteiger partial charge in [-0.1, -0.05) is 6.07 Å². The monoisotopic (exact) mass is 466 g/mol. The molecule has 8 nitrogen and oxygen atoms in total. The van der Waals surface area contributed by atoms with Crippen LogP contribution in [0.15, 0.2) is 53.6 Å². The van der Waals surface area contributed by atoms with Crippen LogP contribution in [-0.2, 0) is 13.2 Å². The molecule has 0 saturated heterocycles. The van der Waals surface area contributed by atoms with E-state index in [-0.39, 0.29) is 11.3 Å². The number of nitrogens with two attached hydrogens (primary N) is 1. The van der Waals surface area contributed by atoms with E-state index >= 15 is 0 Å². The van der Waals surface area contributed by atoms with Crippen molar-refractivity contribution in [2.24, 2.45) is 7.05 Å². The molecule has 1 aromatic carbocycles. The van der Waals surface area contributed by atoms with Gasteiger partial charge < -0.3 is 15.5 Å². The molecule has 34 heavy (non-hydrogen) atoms. The average Bonchev–Trinajstić information content (AvgIpc) is 3.12. The number of aromatic amines is 1. The highest BCUT2D eigenvalue weighted by Gasteiger charge is 2.34. The number of imidazole rings is 1. The van der Waals surface area contributed by atoms with Gasteiger partial charge in [0.25, 0.3) is 0 Å². The molecule has 0 fully saturated rings. The Kier molecular flexibility index (Phi) is 4.78. The number of hydrogen-bond donors (Lipinski definition) is 2. The fourth-order valence-electron chi connectivity index (χ4n) is 3.88. The van der Waals surface area contributed by atoms with Crippen molar-refractivity contribution in [3.05, 3.63) is 64.8 Å². The van der Waals surface area contributed by atoms with Gasteiger partial charge in [-0.25, -0.2) is 19.7 Å². The number of aromatic nitrogens is 5. The summed E-state index contributed by atoms with van der Waals surface area (Å²) < 4.78 is 46.5. The second-order valence-electron chi connectivity index (χ2n) is 7.65. The molecule has 3 N–H and O–H groups in total. The van der Waals surface area contributed by atoms with E-state index in [2.05, 4.69) is 15.0 Å². The van der Waals surface area contributed by atoms with Gasteiger partial charge in [-0.15, -0.1) is 0 Å². The summed E-state index contributed by atoms with van der Waals surface area (Å²) in [7, 11) is 3.12. The van der Waals surface area contributed by atoms with Crippen LogP contribution in [0.25, 0.3) is 44.3 Å². The van der Waals surface area contributed by atoms with E-state index in [9.17, 15) is 18.0 Å². The molecule has 0 bridgehead atoms. The summed E-state index contributed by atoms with van der Waals surface area (Å²) in [5.41, 5.74) is 7.55. The first-order valence-electron chi connectivity index (χ1n) is 10.0. The van der Waals surface area contributed by atoms with Gasteiger partial charge in [0.15, 0.2) is 0 Å². The molecule has 0 saturated carbocycles. The number of methoxy groups -OCH3 is 1. The Morgan fingerprint density at radius 2 is 1.76 bits per heavy atom. The lowest BCUT2D eigenvalue weighted by atomic mass is 10.0. The summed E-state index contributed by atoms with van der Waals surface area (Å²) >= 11 is 0. The third-order valence-electron chi connectivity index (χ3n) is 5.61. The molecule has 4 aromatic heterocycles. The Hall–Kier alpha value is -4.41. The van der Waals surface area contributed by atoms with Gasteiger partial charge >= 0.3 is 11.9 Å². The van der Waals surface area contributed by atoms with Gasteiger partial charge in [-0.05, 0) is 29.8 Å². The van der Waals surface area contributed by atoms with Crippen molar-refractivity contribution in [3.8, 4) is 28.3 Å². The van der Waals surface area contributed by atoms with Crippen LogP contribution in [0.1, 0.15) is 5.56 Å². The van der Waals surface area contributed by atoms with Crippen molar-refractivity contribution in [1.82, 2.24) is 24.5 Å². The summed E-state index contributed by atoms with van der Waals surface area (Å²) in [6.45, 7) is 0. The van der Waals surface area contributed by atoms with E-state index < -0.39 is 17.6 Å². The molecule has 172 valence electrons. The molecule has 11 heteroatoms. The van der Waals surface area contributed by atoms with E-state index in [1.807, 2.05) is 0 Å². The van der Waals surface area contributed by atoms with Crippen LogP contribution in [0.3, 0.4) is 0 Å². The maximum Gasteiger partial charge on any atom is 0.419 e. The third kappa shape index (κ3) is 3.41. The molecule has 0 unspecified atom stereocenters. The van der Waals surface area contributed by atoms with Crippen molar-refractivity contribution in [2.45, 2.75) is 6.18 Å². The summed E-state index contributed by atoms with van der Waals surface area (Å²) in [6.07, 6.45) is -1.76. The largest absolute Gasteiger partial charge is 0.481 e. The van der Waals surface area contributed by atoms with E-state index in [1.54, 1.807) is 43.6 Å². The molecule has 4 heterocycles. The van der Waals surface area contributed by atoms with Crippen LogP contribution in [0.4, 0.5) is 19.0 Å². The minimum absolute atomic E-state index is 0.235. The number of H-pyrrole nitrogens is 1. The van der Waals surface area contributed by atoms with Crippen molar-refractivity contribution in [1.29, 1.82) is 0 Å². The first kappa shape index (κ1) is 21.4. The number of ether oxygens (including phenoxy) is 1. The lowest BCUT2D eigenvalue weighted by molar-refractivity contribution is -0.137. The normalized spacial score (nSPS) is 11.9. The molecular weight excluding hydrogens is 449 g/mol. The lowest BCUT2D eigenvalue weighted by Crippen LogP contribution is -2.12. The number of nitrogens with zero attached hydrogens (tertiary/aromatic N) is 4. The zero-order valence-electron chi connectivity index (χ0n) is 17.9. The quantitative estimate of drug-likeness (QED) is 0.413. The number of halogens is 3. The molecule has 5 rings (SSSR count). The second-order valence-corrected chi connectivity index (χ2v) is 7.65. The van der Waals surface area contributed by atoms with Gasteiger partial charge in [0.2, 0.25) is 5.88 Å². The number of nitrogens with one attached hydrogen (secondary N) is 1. The van der Waals surface area contributed by atoms with Crippen molar-refractivity contribution < 1.29 is 17.9 Å². The Balaban J connectivity index is 1.75. The molecule has 0 spiro atoms. The van der Waals surface area contributed by atoms with Crippen LogP contribution in [-0.4, -0.2) is 31.6 Å². The number of pyridine rings is 3. The molecule has 0 amide bonds. The van der Waals surface area contributed by atoms with Gasteiger partial charge in [0.1, 0.15) is 5.82 Å². The van der Waals surface area contributed by atoms with Crippen LogP contribution in [0, 0.1) is 0 Å². The van der Waals surface area contributed by atoms with Crippen molar-refractivity contribution in [2.75, 3.05) is 12.8 Å². The van der Waals surface area contributed by atoms with Crippen molar-refractivity contribution >= 4 is 27.8 Å². The third-order valence-corrected chi connectivity index (χ3v) is 5.61. The highest BCUT2D eigenvalue weighted by Crippen LogP contribution is 2.37. The van der Waals surface area contributed by atoms with Gasteiger partial charge in [-0.3, -0.25) is 4.57 Å². The van der Waals surface area contributed by atoms with Crippen LogP contribution >= 0.6 is 0 Å². The summed E-state index contributed by atoms with van der Waals surface area (Å²) in [5.74, 6) is -0.157. The Labute approximate surface area is 189 Å². The highest BCUT2D eigenvalue weighted by molar-refractivity contribution is 6.08. The van der Waals surface area contributed by atoms with Gasteiger partial charge in [0.05, 0.1) is 34.9 Å². The highest BCUT2D eigenvalue weighted by atomic mass is 19.4. The second kappa shape index (κ2) is 7.58. The predicted molar refractivity (Wildman–Crippen MR) is 121 cm³/mol. The first-order valence-corrected chi connectivity index (χ1v) is 10.0. The van der Waals surface area contributed by atoms with Crippen LogP contribution < -0.4 is 16.2 Å². The Morgan fingerprint density at radius 1 is 1.03 bits per heavy atom. The maximum atomic E-state index is 13.3. The smallest absolute Gasteiger partial charge is 0.419 e.